The van der Waals surface area contributed by atoms with Crippen LogP contribution in [-0.2, 0) is 9.53 Å². The molecule has 0 unspecified atom stereocenters. The molecule has 2 aliphatic heterocycles. The number of morpholine rings is 1. The molecule has 0 saturated carbocycles. The van der Waals surface area contributed by atoms with Crippen molar-refractivity contribution in [1.82, 2.24) is 9.80 Å². The molecule has 17 heavy (non-hydrogen) atoms. The standard InChI is InChI=1S/C10H16N2O5/c13-9(14)8-5-7(6-12(8)10(15)16)11-1-3-17-4-2-11/h7-8H,1-6H2,(H,13,14)(H,15,16)/t7-,8+/m0/s1. The number of aliphatic carboxylic acids is 1. The van der Waals surface area contributed by atoms with Crippen LogP contribution >= 0.6 is 0 Å². The number of rotatable bonds is 2. The topological polar surface area (TPSA) is 90.3 Å². The number of carbonyl (C=O) groups is 2. The number of carboxylic acid groups (broad SMARTS) is 2. The molecule has 7 heteroatoms. The van der Waals surface area contributed by atoms with Crippen molar-refractivity contribution in [1.29, 1.82) is 0 Å². The van der Waals surface area contributed by atoms with Crippen LogP contribution in [0, 0.1) is 0 Å². The highest BCUT2D eigenvalue weighted by Crippen LogP contribution is 2.23. The van der Waals surface area contributed by atoms with Gasteiger partial charge in [0.25, 0.3) is 0 Å². The average Bonchev–Trinajstić information content (AvgIpc) is 2.75. The first-order valence-electron chi connectivity index (χ1n) is 5.63. The van der Waals surface area contributed by atoms with Gasteiger partial charge in [-0.1, -0.05) is 0 Å². The minimum absolute atomic E-state index is 0.00361. The van der Waals surface area contributed by atoms with Crippen molar-refractivity contribution in [2.45, 2.75) is 18.5 Å². The van der Waals surface area contributed by atoms with E-state index < -0.39 is 18.1 Å². The van der Waals surface area contributed by atoms with Gasteiger partial charge < -0.3 is 14.9 Å². The third-order valence-corrected chi connectivity index (χ3v) is 3.37. The summed E-state index contributed by atoms with van der Waals surface area (Å²) in [6.45, 7) is 3.00. The van der Waals surface area contributed by atoms with Crippen LogP contribution < -0.4 is 0 Å². The fraction of sp³-hybridized carbons (Fsp3) is 0.800. The fourth-order valence-electron chi connectivity index (χ4n) is 2.47. The second-order valence-corrected chi connectivity index (χ2v) is 4.33. The highest BCUT2D eigenvalue weighted by molar-refractivity contribution is 5.80. The Morgan fingerprint density at radius 1 is 1.18 bits per heavy atom. The van der Waals surface area contributed by atoms with Crippen molar-refractivity contribution >= 4 is 12.1 Å². The Hall–Kier alpha value is -1.34. The van der Waals surface area contributed by atoms with Crippen LogP contribution in [0.25, 0.3) is 0 Å². The molecule has 2 fully saturated rings. The van der Waals surface area contributed by atoms with Crippen LogP contribution in [0.5, 0.6) is 0 Å². The number of amides is 1. The van der Waals surface area contributed by atoms with E-state index in [0.29, 0.717) is 19.6 Å². The first-order valence-corrected chi connectivity index (χ1v) is 5.63. The lowest BCUT2D eigenvalue weighted by molar-refractivity contribution is -0.141. The molecule has 0 aromatic heterocycles. The van der Waals surface area contributed by atoms with Crippen LogP contribution in [0.15, 0.2) is 0 Å². The molecular weight excluding hydrogens is 228 g/mol. The quantitative estimate of drug-likeness (QED) is 0.682. The fourth-order valence-corrected chi connectivity index (χ4v) is 2.47. The van der Waals surface area contributed by atoms with Crippen molar-refractivity contribution < 1.29 is 24.5 Å². The Morgan fingerprint density at radius 2 is 1.82 bits per heavy atom. The zero-order valence-electron chi connectivity index (χ0n) is 9.41. The molecule has 0 aromatic rings. The molecule has 2 saturated heterocycles. The van der Waals surface area contributed by atoms with Crippen molar-refractivity contribution in [3.05, 3.63) is 0 Å². The lowest BCUT2D eigenvalue weighted by Crippen LogP contribution is -2.45. The molecule has 2 N–H and O–H groups in total. The van der Waals surface area contributed by atoms with E-state index in [1.807, 2.05) is 0 Å². The molecule has 0 bridgehead atoms. The Labute approximate surface area is 98.6 Å². The molecular formula is C10H16N2O5. The van der Waals surface area contributed by atoms with Crippen molar-refractivity contribution in [2.75, 3.05) is 32.8 Å². The molecule has 0 radical (unpaired) electrons. The summed E-state index contributed by atoms with van der Waals surface area (Å²) < 4.78 is 5.22. The largest absolute Gasteiger partial charge is 0.480 e. The molecule has 2 heterocycles. The van der Waals surface area contributed by atoms with Gasteiger partial charge >= 0.3 is 12.1 Å². The van der Waals surface area contributed by atoms with Gasteiger partial charge in [-0.3, -0.25) is 9.80 Å². The van der Waals surface area contributed by atoms with E-state index >= 15 is 0 Å². The zero-order valence-corrected chi connectivity index (χ0v) is 9.41. The molecule has 96 valence electrons. The molecule has 1 amide bonds. The van der Waals surface area contributed by atoms with Crippen LogP contribution in [0.1, 0.15) is 6.42 Å². The van der Waals surface area contributed by atoms with E-state index in [9.17, 15) is 9.59 Å². The molecule has 2 aliphatic rings. The van der Waals surface area contributed by atoms with Crippen molar-refractivity contribution in [3.8, 4) is 0 Å². The Kier molecular flexibility index (Phi) is 3.49. The summed E-state index contributed by atoms with van der Waals surface area (Å²) in [7, 11) is 0. The third-order valence-electron chi connectivity index (χ3n) is 3.37. The van der Waals surface area contributed by atoms with Gasteiger partial charge in [0, 0.05) is 25.7 Å². The monoisotopic (exact) mass is 244 g/mol. The summed E-state index contributed by atoms with van der Waals surface area (Å²) in [5.41, 5.74) is 0. The van der Waals surface area contributed by atoms with Gasteiger partial charge in [0.1, 0.15) is 6.04 Å². The Morgan fingerprint density at radius 3 is 2.29 bits per heavy atom. The summed E-state index contributed by atoms with van der Waals surface area (Å²) in [6, 6.07) is -0.920. The van der Waals surface area contributed by atoms with Gasteiger partial charge in [-0.15, -0.1) is 0 Å². The summed E-state index contributed by atoms with van der Waals surface area (Å²) in [5, 5.41) is 18.0. The number of nitrogens with zero attached hydrogens (tertiary/aromatic N) is 2. The minimum atomic E-state index is -1.16. The average molecular weight is 244 g/mol. The maximum atomic E-state index is 11.0. The van der Waals surface area contributed by atoms with Gasteiger partial charge in [0.2, 0.25) is 0 Å². The molecule has 2 atom stereocenters. The summed E-state index contributed by atoms with van der Waals surface area (Å²) in [6.07, 6.45) is -0.796. The minimum Gasteiger partial charge on any atom is -0.480 e. The summed E-state index contributed by atoms with van der Waals surface area (Å²) in [4.78, 5) is 25.1. The number of hydrogen-bond donors (Lipinski definition) is 2. The smallest absolute Gasteiger partial charge is 0.408 e. The first-order chi connectivity index (χ1) is 8.09. The number of likely N-dealkylation sites (tertiary alicyclic amines) is 1. The molecule has 0 spiro atoms. The van der Waals surface area contributed by atoms with E-state index in [0.717, 1.165) is 18.0 Å². The van der Waals surface area contributed by atoms with E-state index in [1.165, 1.54) is 0 Å². The number of hydrogen-bond acceptors (Lipinski definition) is 4. The van der Waals surface area contributed by atoms with E-state index in [-0.39, 0.29) is 12.6 Å². The van der Waals surface area contributed by atoms with E-state index in [2.05, 4.69) is 4.90 Å². The van der Waals surface area contributed by atoms with Crippen LogP contribution in [0.2, 0.25) is 0 Å². The van der Waals surface area contributed by atoms with Gasteiger partial charge in [-0.2, -0.15) is 0 Å². The van der Waals surface area contributed by atoms with Crippen LogP contribution in [0.4, 0.5) is 4.79 Å². The van der Waals surface area contributed by atoms with Gasteiger partial charge in [-0.05, 0) is 6.42 Å². The Balaban J connectivity index is 2.02. The third kappa shape index (κ3) is 2.50. The lowest BCUT2D eigenvalue weighted by Gasteiger charge is -2.31. The molecule has 0 aliphatic carbocycles. The Bertz CT molecular complexity index is 294. The van der Waals surface area contributed by atoms with Crippen molar-refractivity contribution in [2.24, 2.45) is 0 Å². The van der Waals surface area contributed by atoms with Crippen LogP contribution in [-0.4, -0.2) is 77.0 Å². The maximum absolute atomic E-state index is 11.0. The second kappa shape index (κ2) is 4.89. The second-order valence-electron chi connectivity index (χ2n) is 4.33. The zero-order chi connectivity index (χ0) is 12.4. The molecule has 7 nitrogen and oxygen atoms in total. The van der Waals surface area contributed by atoms with Gasteiger partial charge in [-0.25, -0.2) is 9.59 Å². The first kappa shape index (κ1) is 12.1. The highest BCUT2D eigenvalue weighted by atomic mass is 16.5. The lowest BCUT2D eigenvalue weighted by atomic mass is 10.1. The summed E-state index contributed by atoms with van der Waals surface area (Å²) in [5.74, 6) is -1.07. The SMILES string of the molecule is O=C(O)[C@H]1C[C@H](N2CCOCC2)CN1C(=O)O. The summed E-state index contributed by atoms with van der Waals surface area (Å²) >= 11 is 0. The van der Waals surface area contributed by atoms with Gasteiger partial charge in [0.15, 0.2) is 0 Å². The highest BCUT2D eigenvalue weighted by Gasteiger charge is 2.42. The van der Waals surface area contributed by atoms with Gasteiger partial charge in [0.05, 0.1) is 13.2 Å². The molecule has 2 rings (SSSR count). The van der Waals surface area contributed by atoms with Crippen LogP contribution in [0.3, 0.4) is 0 Å². The van der Waals surface area contributed by atoms with Crippen molar-refractivity contribution in [3.63, 3.8) is 0 Å². The normalized spacial score (nSPS) is 30.5. The number of carboxylic acids is 1. The predicted octanol–water partition coefficient (Wildman–Crippen LogP) is -0.476. The van der Waals surface area contributed by atoms with E-state index in [4.69, 9.17) is 14.9 Å². The maximum Gasteiger partial charge on any atom is 0.408 e. The number of ether oxygens (including phenoxy) is 1. The van der Waals surface area contributed by atoms with E-state index in [1.54, 1.807) is 0 Å². The molecule has 0 aromatic carbocycles. The predicted molar refractivity (Wildman–Crippen MR) is 57.0 cm³/mol.